The minimum Gasteiger partial charge on any atom is -0.496 e. The molecule has 0 N–H and O–H groups in total. The van der Waals surface area contributed by atoms with E-state index in [4.69, 9.17) is 4.74 Å². The number of rotatable bonds is 4. The molecule has 0 fully saturated rings. The van der Waals surface area contributed by atoms with Crippen LogP contribution in [0, 0.1) is 6.92 Å². The molecule has 15 heavy (non-hydrogen) atoms. The molecule has 0 radical (unpaired) electrons. The van der Waals surface area contributed by atoms with Crippen LogP contribution in [0.25, 0.3) is 0 Å². The van der Waals surface area contributed by atoms with Crippen LogP contribution in [-0.4, -0.2) is 12.9 Å². The second kappa shape index (κ2) is 4.78. The topological polar surface area (TPSA) is 26.3 Å². The van der Waals surface area contributed by atoms with Crippen LogP contribution in [0.3, 0.4) is 0 Å². The van der Waals surface area contributed by atoms with Crippen molar-refractivity contribution in [2.45, 2.75) is 20.3 Å². The SMILES string of the molecule is C=C(C)C(=O)Cc1cc(C)ccc1OC. The van der Waals surface area contributed by atoms with E-state index >= 15 is 0 Å². The van der Waals surface area contributed by atoms with Crippen molar-refractivity contribution in [2.24, 2.45) is 0 Å². The number of ketones is 1. The predicted molar refractivity (Wildman–Crippen MR) is 61.3 cm³/mol. The average Bonchev–Trinajstić information content (AvgIpc) is 2.18. The van der Waals surface area contributed by atoms with Crippen molar-refractivity contribution in [1.82, 2.24) is 0 Å². The van der Waals surface area contributed by atoms with Crippen molar-refractivity contribution in [3.63, 3.8) is 0 Å². The third-order valence-corrected chi connectivity index (χ3v) is 2.26. The number of allylic oxidation sites excluding steroid dienone is 1. The van der Waals surface area contributed by atoms with E-state index in [9.17, 15) is 4.79 Å². The minimum atomic E-state index is 0.0545. The zero-order valence-corrected chi connectivity index (χ0v) is 9.46. The zero-order chi connectivity index (χ0) is 11.4. The highest BCUT2D eigenvalue weighted by Gasteiger charge is 2.09. The summed E-state index contributed by atoms with van der Waals surface area (Å²) in [5.74, 6) is 0.814. The molecule has 1 rings (SSSR count). The molecule has 1 aromatic carbocycles. The summed E-state index contributed by atoms with van der Waals surface area (Å²) in [6, 6.07) is 5.82. The van der Waals surface area contributed by atoms with Crippen LogP contribution in [0.5, 0.6) is 5.75 Å². The van der Waals surface area contributed by atoms with Gasteiger partial charge in [-0.2, -0.15) is 0 Å². The molecule has 1 aromatic rings. The standard InChI is InChI=1S/C13H16O2/c1-9(2)12(14)8-11-7-10(3)5-6-13(11)15-4/h5-7H,1,8H2,2-4H3. The molecule has 0 saturated carbocycles. The van der Waals surface area contributed by atoms with Crippen LogP contribution < -0.4 is 4.74 Å². The monoisotopic (exact) mass is 204 g/mol. The molecular weight excluding hydrogens is 188 g/mol. The fourth-order valence-electron chi connectivity index (χ4n) is 1.37. The van der Waals surface area contributed by atoms with Gasteiger partial charge in [-0.3, -0.25) is 4.79 Å². The molecule has 0 atom stereocenters. The Morgan fingerprint density at radius 2 is 2.13 bits per heavy atom. The van der Waals surface area contributed by atoms with Gasteiger partial charge in [-0.15, -0.1) is 0 Å². The smallest absolute Gasteiger partial charge is 0.162 e. The summed E-state index contributed by atoms with van der Waals surface area (Å²) >= 11 is 0. The van der Waals surface area contributed by atoms with E-state index in [0.29, 0.717) is 12.0 Å². The number of ether oxygens (including phenoxy) is 1. The first kappa shape index (κ1) is 11.5. The second-order valence-electron chi connectivity index (χ2n) is 3.70. The third-order valence-electron chi connectivity index (χ3n) is 2.26. The molecule has 0 amide bonds. The van der Waals surface area contributed by atoms with E-state index in [2.05, 4.69) is 6.58 Å². The van der Waals surface area contributed by atoms with Gasteiger partial charge in [0.15, 0.2) is 5.78 Å². The molecule has 0 bridgehead atoms. The maximum Gasteiger partial charge on any atom is 0.162 e. The van der Waals surface area contributed by atoms with Crippen LogP contribution in [0.4, 0.5) is 0 Å². The van der Waals surface area contributed by atoms with Crippen molar-refractivity contribution in [2.75, 3.05) is 7.11 Å². The summed E-state index contributed by atoms with van der Waals surface area (Å²) in [5, 5.41) is 0. The third kappa shape index (κ3) is 2.94. The van der Waals surface area contributed by atoms with Crippen LogP contribution >= 0.6 is 0 Å². The molecule has 0 heterocycles. The van der Waals surface area contributed by atoms with Crippen LogP contribution in [-0.2, 0) is 11.2 Å². The molecule has 0 aliphatic rings. The number of Topliss-reactive ketones (excluding diaryl/α,β-unsaturated/α-hetero) is 1. The second-order valence-corrected chi connectivity index (χ2v) is 3.70. The number of carbonyl (C=O) groups excluding carboxylic acids is 1. The maximum atomic E-state index is 11.5. The number of hydrogen-bond donors (Lipinski definition) is 0. The lowest BCUT2D eigenvalue weighted by molar-refractivity contribution is -0.114. The molecule has 80 valence electrons. The molecule has 0 spiro atoms. The van der Waals surface area contributed by atoms with E-state index in [0.717, 1.165) is 16.9 Å². The summed E-state index contributed by atoms with van der Waals surface area (Å²) in [4.78, 5) is 11.5. The lowest BCUT2D eigenvalue weighted by atomic mass is 10.0. The van der Waals surface area contributed by atoms with Gasteiger partial charge >= 0.3 is 0 Å². The molecule has 0 aromatic heterocycles. The number of carbonyl (C=O) groups is 1. The first-order valence-electron chi connectivity index (χ1n) is 4.87. The quantitative estimate of drug-likeness (QED) is 0.705. The van der Waals surface area contributed by atoms with Crippen molar-refractivity contribution in [3.05, 3.63) is 41.5 Å². The number of hydrogen-bond acceptors (Lipinski definition) is 2. The molecule has 0 saturated heterocycles. The van der Waals surface area contributed by atoms with E-state index in [1.54, 1.807) is 14.0 Å². The van der Waals surface area contributed by atoms with Gasteiger partial charge in [0.25, 0.3) is 0 Å². The van der Waals surface area contributed by atoms with Gasteiger partial charge in [-0.1, -0.05) is 24.3 Å². The van der Waals surface area contributed by atoms with Crippen LogP contribution in [0.2, 0.25) is 0 Å². The van der Waals surface area contributed by atoms with Crippen molar-refractivity contribution >= 4 is 5.78 Å². The van der Waals surface area contributed by atoms with Gasteiger partial charge in [-0.25, -0.2) is 0 Å². The molecule has 0 unspecified atom stereocenters. The highest BCUT2D eigenvalue weighted by Crippen LogP contribution is 2.20. The lowest BCUT2D eigenvalue weighted by Gasteiger charge is -2.08. The summed E-state index contributed by atoms with van der Waals surface area (Å²) in [7, 11) is 1.61. The molecule has 0 aliphatic carbocycles. The summed E-state index contributed by atoms with van der Waals surface area (Å²) in [5.41, 5.74) is 2.63. The van der Waals surface area contributed by atoms with Crippen LogP contribution in [0.1, 0.15) is 18.1 Å². The summed E-state index contributed by atoms with van der Waals surface area (Å²) < 4.78 is 5.20. The zero-order valence-electron chi connectivity index (χ0n) is 9.46. The summed E-state index contributed by atoms with van der Waals surface area (Å²) in [6.45, 7) is 7.36. The van der Waals surface area contributed by atoms with E-state index in [-0.39, 0.29) is 5.78 Å². The van der Waals surface area contributed by atoms with Crippen molar-refractivity contribution < 1.29 is 9.53 Å². The average molecular weight is 204 g/mol. The van der Waals surface area contributed by atoms with E-state index in [1.807, 2.05) is 25.1 Å². The van der Waals surface area contributed by atoms with Crippen LogP contribution in [0.15, 0.2) is 30.4 Å². The maximum absolute atomic E-state index is 11.5. The molecule has 2 heteroatoms. The fraction of sp³-hybridized carbons (Fsp3) is 0.308. The van der Waals surface area contributed by atoms with E-state index < -0.39 is 0 Å². The Kier molecular flexibility index (Phi) is 3.67. The Morgan fingerprint density at radius 3 is 2.67 bits per heavy atom. The largest absolute Gasteiger partial charge is 0.496 e. The lowest BCUT2D eigenvalue weighted by Crippen LogP contribution is -2.04. The fourth-order valence-corrected chi connectivity index (χ4v) is 1.37. The van der Waals surface area contributed by atoms with Gasteiger partial charge in [0.2, 0.25) is 0 Å². The highest BCUT2D eigenvalue weighted by atomic mass is 16.5. The molecule has 0 aliphatic heterocycles. The van der Waals surface area contributed by atoms with Crippen molar-refractivity contribution in [3.8, 4) is 5.75 Å². The molecular formula is C13H16O2. The Labute approximate surface area is 90.6 Å². The first-order valence-corrected chi connectivity index (χ1v) is 4.87. The normalized spacial score (nSPS) is 9.80. The first-order chi connectivity index (χ1) is 7.04. The number of methoxy groups -OCH3 is 1. The number of aryl methyl sites for hydroxylation is 1. The molecule has 2 nitrogen and oxygen atoms in total. The highest BCUT2D eigenvalue weighted by molar-refractivity contribution is 5.96. The predicted octanol–water partition coefficient (Wildman–Crippen LogP) is 2.69. The summed E-state index contributed by atoms with van der Waals surface area (Å²) in [6.07, 6.45) is 0.361. The van der Waals surface area contributed by atoms with Gasteiger partial charge in [0.1, 0.15) is 5.75 Å². The Balaban J connectivity index is 2.97. The number of benzene rings is 1. The Bertz CT molecular complexity index is 392. The Hall–Kier alpha value is -1.57. The minimum absolute atomic E-state index is 0.0545. The van der Waals surface area contributed by atoms with Gasteiger partial charge in [-0.05, 0) is 25.5 Å². The van der Waals surface area contributed by atoms with E-state index in [1.165, 1.54) is 0 Å². The van der Waals surface area contributed by atoms with Crippen molar-refractivity contribution in [1.29, 1.82) is 0 Å². The van der Waals surface area contributed by atoms with Gasteiger partial charge in [0, 0.05) is 12.0 Å². The van der Waals surface area contributed by atoms with Gasteiger partial charge in [0.05, 0.1) is 7.11 Å². The Morgan fingerprint density at radius 1 is 1.47 bits per heavy atom. The van der Waals surface area contributed by atoms with Gasteiger partial charge < -0.3 is 4.74 Å².